The maximum absolute atomic E-state index is 5.76. The van der Waals surface area contributed by atoms with E-state index in [0.29, 0.717) is 0 Å². The minimum absolute atomic E-state index is 0. The van der Waals surface area contributed by atoms with Gasteiger partial charge in [-0.1, -0.05) is 12.1 Å². The summed E-state index contributed by atoms with van der Waals surface area (Å²) in [6.45, 7) is 3.22. The zero-order chi connectivity index (χ0) is 11.5. The standard InChI is InChI=1S/C15H21NO.ClH/c1-2-12(1)11-17-15-5-3-13(4-6-15)14-7-9-16-10-8-14;/h3-6,12,14,16H,1-2,7-11H2;1H. The lowest BCUT2D eigenvalue weighted by molar-refractivity contribution is 0.299. The topological polar surface area (TPSA) is 21.3 Å². The van der Waals surface area contributed by atoms with Crippen LogP contribution in [0.4, 0.5) is 0 Å². The lowest BCUT2D eigenvalue weighted by Gasteiger charge is -2.23. The van der Waals surface area contributed by atoms with E-state index in [1.807, 2.05) is 0 Å². The molecule has 1 aliphatic carbocycles. The van der Waals surface area contributed by atoms with E-state index in [9.17, 15) is 0 Å². The second kappa shape index (κ2) is 6.44. The number of nitrogens with one attached hydrogen (secondary N) is 1. The Kier molecular flexibility index (Phi) is 4.90. The van der Waals surface area contributed by atoms with Gasteiger partial charge in [-0.2, -0.15) is 0 Å². The second-order valence-corrected chi connectivity index (χ2v) is 5.35. The molecule has 100 valence electrons. The summed E-state index contributed by atoms with van der Waals surface area (Å²) < 4.78 is 5.76. The highest BCUT2D eigenvalue weighted by Crippen LogP contribution is 2.30. The van der Waals surface area contributed by atoms with Crippen LogP contribution in [0.2, 0.25) is 0 Å². The Bertz CT molecular complexity index is 355. The van der Waals surface area contributed by atoms with E-state index in [4.69, 9.17) is 4.74 Å². The summed E-state index contributed by atoms with van der Waals surface area (Å²) in [4.78, 5) is 0. The average Bonchev–Trinajstić information content (AvgIpc) is 3.22. The summed E-state index contributed by atoms with van der Waals surface area (Å²) >= 11 is 0. The number of rotatable bonds is 4. The second-order valence-electron chi connectivity index (χ2n) is 5.35. The van der Waals surface area contributed by atoms with Crippen LogP contribution in [-0.4, -0.2) is 19.7 Å². The van der Waals surface area contributed by atoms with E-state index >= 15 is 0 Å². The van der Waals surface area contributed by atoms with Gasteiger partial charge in [0, 0.05) is 0 Å². The number of benzene rings is 1. The number of ether oxygens (including phenoxy) is 1. The molecule has 2 fully saturated rings. The fraction of sp³-hybridized carbons (Fsp3) is 0.600. The molecule has 1 N–H and O–H groups in total. The highest BCUT2D eigenvalue weighted by Gasteiger charge is 2.22. The molecule has 3 heteroatoms. The van der Waals surface area contributed by atoms with Crippen LogP contribution in [0.15, 0.2) is 24.3 Å². The Morgan fingerprint density at radius 3 is 2.28 bits per heavy atom. The Morgan fingerprint density at radius 1 is 1.00 bits per heavy atom. The molecule has 0 radical (unpaired) electrons. The normalized spacial score (nSPS) is 20.2. The van der Waals surface area contributed by atoms with Gasteiger partial charge in [0.2, 0.25) is 0 Å². The molecule has 3 rings (SSSR count). The monoisotopic (exact) mass is 267 g/mol. The van der Waals surface area contributed by atoms with Gasteiger partial charge in [0.1, 0.15) is 5.75 Å². The SMILES string of the molecule is Cl.c1cc(C2CCNCC2)ccc1OCC1CC1. The van der Waals surface area contributed by atoms with Gasteiger partial charge in [0.15, 0.2) is 0 Å². The highest BCUT2D eigenvalue weighted by atomic mass is 35.5. The quantitative estimate of drug-likeness (QED) is 0.903. The highest BCUT2D eigenvalue weighted by molar-refractivity contribution is 5.85. The third kappa shape index (κ3) is 3.63. The average molecular weight is 268 g/mol. The van der Waals surface area contributed by atoms with Crippen LogP contribution < -0.4 is 10.1 Å². The third-order valence-corrected chi connectivity index (χ3v) is 3.87. The fourth-order valence-electron chi connectivity index (χ4n) is 2.49. The van der Waals surface area contributed by atoms with E-state index in [0.717, 1.165) is 37.3 Å². The lowest BCUT2D eigenvalue weighted by Crippen LogP contribution is -2.26. The fourth-order valence-corrected chi connectivity index (χ4v) is 2.49. The van der Waals surface area contributed by atoms with Crippen LogP contribution in [0.25, 0.3) is 0 Å². The predicted octanol–water partition coefficient (Wildman–Crippen LogP) is 3.36. The number of halogens is 1. The molecule has 1 heterocycles. The van der Waals surface area contributed by atoms with Crippen molar-refractivity contribution in [1.29, 1.82) is 0 Å². The molecule has 1 saturated carbocycles. The van der Waals surface area contributed by atoms with Crippen LogP contribution in [0.5, 0.6) is 5.75 Å². The Hall–Kier alpha value is -0.730. The van der Waals surface area contributed by atoms with Crippen molar-refractivity contribution in [2.24, 2.45) is 5.92 Å². The molecular weight excluding hydrogens is 246 g/mol. The van der Waals surface area contributed by atoms with E-state index < -0.39 is 0 Å². The molecule has 0 bridgehead atoms. The summed E-state index contributed by atoms with van der Waals surface area (Å²) in [5, 5.41) is 3.41. The van der Waals surface area contributed by atoms with Crippen molar-refractivity contribution in [1.82, 2.24) is 5.32 Å². The summed E-state index contributed by atoms with van der Waals surface area (Å²) in [7, 11) is 0. The van der Waals surface area contributed by atoms with Crippen molar-refractivity contribution >= 4 is 12.4 Å². The first-order valence-corrected chi connectivity index (χ1v) is 6.85. The van der Waals surface area contributed by atoms with Gasteiger partial charge < -0.3 is 10.1 Å². The maximum Gasteiger partial charge on any atom is 0.119 e. The van der Waals surface area contributed by atoms with Crippen molar-refractivity contribution in [3.8, 4) is 5.75 Å². The zero-order valence-electron chi connectivity index (χ0n) is 10.7. The Labute approximate surface area is 116 Å². The Morgan fingerprint density at radius 2 is 1.67 bits per heavy atom. The van der Waals surface area contributed by atoms with Gasteiger partial charge in [0.05, 0.1) is 6.61 Å². The molecule has 18 heavy (non-hydrogen) atoms. The summed E-state index contributed by atoms with van der Waals surface area (Å²) in [6.07, 6.45) is 5.24. The minimum atomic E-state index is 0. The number of hydrogen-bond acceptors (Lipinski definition) is 2. The van der Waals surface area contributed by atoms with E-state index in [1.54, 1.807) is 0 Å². The zero-order valence-corrected chi connectivity index (χ0v) is 11.5. The van der Waals surface area contributed by atoms with Gasteiger partial charge in [-0.05, 0) is 68.3 Å². The molecule has 0 unspecified atom stereocenters. The summed E-state index contributed by atoms with van der Waals surface area (Å²) in [5.74, 6) is 2.61. The molecule has 1 aliphatic heterocycles. The van der Waals surface area contributed by atoms with E-state index in [2.05, 4.69) is 29.6 Å². The van der Waals surface area contributed by atoms with E-state index in [1.165, 1.54) is 31.2 Å². The minimum Gasteiger partial charge on any atom is -0.493 e. The van der Waals surface area contributed by atoms with Crippen LogP contribution in [0.1, 0.15) is 37.2 Å². The largest absolute Gasteiger partial charge is 0.493 e. The van der Waals surface area contributed by atoms with Crippen LogP contribution in [0, 0.1) is 5.92 Å². The Balaban J connectivity index is 0.00000120. The number of piperidine rings is 1. The van der Waals surface area contributed by atoms with E-state index in [-0.39, 0.29) is 12.4 Å². The van der Waals surface area contributed by atoms with Crippen molar-refractivity contribution in [2.75, 3.05) is 19.7 Å². The summed E-state index contributed by atoms with van der Waals surface area (Å²) in [6, 6.07) is 8.77. The van der Waals surface area contributed by atoms with Crippen molar-refractivity contribution in [2.45, 2.75) is 31.6 Å². The van der Waals surface area contributed by atoms with Crippen LogP contribution >= 0.6 is 12.4 Å². The maximum atomic E-state index is 5.76. The molecule has 1 saturated heterocycles. The smallest absolute Gasteiger partial charge is 0.119 e. The van der Waals surface area contributed by atoms with Crippen LogP contribution in [0.3, 0.4) is 0 Å². The predicted molar refractivity (Wildman–Crippen MR) is 76.8 cm³/mol. The first-order chi connectivity index (χ1) is 8.42. The molecule has 2 nitrogen and oxygen atoms in total. The number of hydrogen-bond donors (Lipinski definition) is 1. The van der Waals surface area contributed by atoms with Gasteiger partial charge in [-0.15, -0.1) is 12.4 Å². The molecule has 0 spiro atoms. The molecule has 0 aromatic heterocycles. The van der Waals surface area contributed by atoms with Crippen molar-refractivity contribution < 1.29 is 4.74 Å². The van der Waals surface area contributed by atoms with Gasteiger partial charge >= 0.3 is 0 Å². The first-order valence-electron chi connectivity index (χ1n) is 6.85. The van der Waals surface area contributed by atoms with Gasteiger partial charge in [0.25, 0.3) is 0 Å². The molecule has 0 atom stereocenters. The third-order valence-electron chi connectivity index (χ3n) is 3.87. The van der Waals surface area contributed by atoms with Crippen molar-refractivity contribution in [3.63, 3.8) is 0 Å². The molecule has 0 amide bonds. The van der Waals surface area contributed by atoms with Crippen molar-refractivity contribution in [3.05, 3.63) is 29.8 Å². The van der Waals surface area contributed by atoms with Crippen LogP contribution in [-0.2, 0) is 0 Å². The lowest BCUT2D eigenvalue weighted by atomic mass is 9.90. The molecule has 1 aromatic carbocycles. The van der Waals surface area contributed by atoms with Gasteiger partial charge in [-0.3, -0.25) is 0 Å². The molecular formula is C15H22ClNO. The molecule has 2 aliphatic rings. The molecule has 1 aromatic rings. The van der Waals surface area contributed by atoms with Gasteiger partial charge in [-0.25, -0.2) is 0 Å². The summed E-state index contributed by atoms with van der Waals surface area (Å²) in [5.41, 5.74) is 1.48. The first kappa shape index (κ1) is 13.7.